The largest absolute Gasteiger partial charge is 0.352 e. The van der Waals surface area contributed by atoms with Gasteiger partial charge in [-0.15, -0.1) is 0 Å². The second-order valence-electron chi connectivity index (χ2n) is 6.40. The maximum absolute atomic E-state index is 12.7. The highest BCUT2D eigenvalue weighted by Gasteiger charge is 2.24. The van der Waals surface area contributed by atoms with Crippen LogP contribution in [-0.2, 0) is 12.8 Å². The molecule has 4 rings (SSSR count). The van der Waals surface area contributed by atoms with Gasteiger partial charge in [0.15, 0.2) is 0 Å². The van der Waals surface area contributed by atoms with Crippen LogP contribution in [0.25, 0.3) is 0 Å². The highest BCUT2D eigenvalue weighted by molar-refractivity contribution is 5.99. The lowest BCUT2D eigenvalue weighted by molar-refractivity contribution is 0.0954. The fourth-order valence-corrected chi connectivity index (χ4v) is 3.41. The number of hydrogen-bond acceptors (Lipinski definition) is 3. The van der Waals surface area contributed by atoms with Crippen LogP contribution < -0.4 is 10.2 Å². The van der Waals surface area contributed by atoms with E-state index in [2.05, 4.69) is 45.5 Å². The minimum absolute atomic E-state index is 0.0755. The average Bonchev–Trinajstić information content (AvgIpc) is 3.13. The molecule has 1 amide bonds. The molecule has 4 heteroatoms. The molecule has 0 bridgehead atoms. The van der Waals surface area contributed by atoms with Crippen molar-refractivity contribution in [3.63, 3.8) is 0 Å². The number of carbonyl (C=O) groups is 1. The van der Waals surface area contributed by atoms with Gasteiger partial charge in [-0.3, -0.25) is 4.79 Å². The Labute approximate surface area is 153 Å². The number of hydrogen-bond donors (Lipinski definition) is 1. The minimum Gasteiger partial charge on any atom is -0.352 e. The second kappa shape index (κ2) is 7.40. The Morgan fingerprint density at radius 3 is 2.69 bits per heavy atom. The van der Waals surface area contributed by atoms with Gasteiger partial charge < -0.3 is 10.2 Å². The number of rotatable bonds is 5. The Morgan fingerprint density at radius 2 is 1.81 bits per heavy atom. The van der Waals surface area contributed by atoms with Gasteiger partial charge in [0.2, 0.25) is 0 Å². The molecule has 26 heavy (non-hydrogen) atoms. The Bertz CT molecular complexity index is 908. The molecule has 0 aliphatic carbocycles. The molecule has 1 N–H and O–H groups in total. The van der Waals surface area contributed by atoms with E-state index in [4.69, 9.17) is 0 Å². The molecule has 0 radical (unpaired) electrons. The lowest BCUT2D eigenvalue weighted by Crippen LogP contribution is -2.28. The van der Waals surface area contributed by atoms with Crippen LogP contribution in [0.15, 0.2) is 72.9 Å². The molecule has 0 atom stereocenters. The van der Waals surface area contributed by atoms with Crippen LogP contribution in [0.1, 0.15) is 21.5 Å². The van der Waals surface area contributed by atoms with Gasteiger partial charge in [-0.25, -0.2) is 4.98 Å². The van der Waals surface area contributed by atoms with Gasteiger partial charge in [-0.05, 0) is 42.2 Å². The Hall–Kier alpha value is -3.14. The lowest BCUT2D eigenvalue weighted by atomic mass is 10.1. The molecule has 130 valence electrons. The monoisotopic (exact) mass is 343 g/mol. The first kappa shape index (κ1) is 16.3. The van der Waals surface area contributed by atoms with E-state index < -0.39 is 0 Å². The maximum Gasteiger partial charge on any atom is 0.255 e. The summed E-state index contributed by atoms with van der Waals surface area (Å²) in [5.74, 6) is 0.656. The van der Waals surface area contributed by atoms with E-state index in [0.29, 0.717) is 12.1 Å². The molecule has 1 aromatic heterocycles. The lowest BCUT2D eigenvalue weighted by Gasteiger charge is -2.21. The summed E-state index contributed by atoms with van der Waals surface area (Å²) >= 11 is 0. The molecule has 0 saturated carbocycles. The number of nitrogens with zero attached hydrogens (tertiary/aromatic N) is 2. The number of pyridine rings is 1. The van der Waals surface area contributed by atoms with E-state index in [-0.39, 0.29) is 5.91 Å². The highest BCUT2D eigenvalue weighted by atomic mass is 16.1. The van der Waals surface area contributed by atoms with E-state index >= 15 is 0 Å². The number of anilines is 2. The van der Waals surface area contributed by atoms with Crippen molar-refractivity contribution in [1.82, 2.24) is 10.3 Å². The molecule has 2 heterocycles. The zero-order valence-electron chi connectivity index (χ0n) is 14.6. The SMILES string of the molecule is O=C(NCCc1ccccc1)c1cccnc1N1CCc2ccccc21. The number of nitrogens with one attached hydrogen (secondary N) is 1. The van der Waals surface area contributed by atoms with E-state index in [0.717, 1.165) is 30.9 Å². The molecular formula is C22H21N3O. The number of aromatic nitrogens is 1. The van der Waals surface area contributed by atoms with Crippen molar-refractivity contribution in [3.05, 3.63) is 89.6 Å². The Balaban J connectivity index is 1.50. The van der Waals surface area contributed by atoms with Crippen molar-refractivity contribution in [2.45, 2.75) is 12.8 Å². The molecule has 0 spiro atoms. The van der Waals surface area contributed by atoms with Crippen LogP contribution in [0.4, 0.5) is 11.5 Å². The number of carbonyl (C=O) groups excluding carboxylic acids is 1. The number of para-hydroxylation sites is 1. The normalized spacial score (nSPS) is 12.7. The van der Waals surface area contributed by atoms with Gasteiger partial charge in [0.25, 0.3) is 5.91 Å². The van der Waals surface area contributed by atoms with Gasteiger partial charge in [0.05, 0.1) is 5.56 Å². The summed E-state index contributed by atoms with van der Waals surface area (Å²) in [7, 11) is 0. The van der Waals surface area contributed by atoms with Crippen molar-refractivity contribution in [3.8, 4) is 0 Å². The molecule has 0 saturated heterocycles. The molecular weight excluding hydrogens is 322 g/mol. The van der Waals surface area contributed by atoms with Gasteiger partial charge >= 0.3 is 0 Å². The predicted octanol–water partition coefficient (Wildman–Crippen LogP) is 3.75. The number of fused-ring (bicyclic) bond motifs is 1. The smallest absolute Gasteiger partial charge is 0.255 e. The van der Waals surface area contributed by atoms with E-state index in [9.17, 15) is 4.79 Å². The first-order valence-electron chi connectivity index (χ1n) is 8.95. The third-order valence-corrected chi connectivity index (χ3v) is 4.72. The zero-order valence-corrected chi connectivity index (χ0v) is 14.6. The second-order valence-corrected chi connectivity index (χ2v) is 6.40. The van der Waals surface area contributed by atoms with Crippen molar-refractivity contribution in [1.29, 1.82) is 0 Å². The topological polar surface area (TPSA) is 45.2 Å². The third-order valence-electron chi connectivity index (χ3n) is 4.72. The summed E-state index contributed by atoms with van der Waals surface area (Å²) in [6, 6.07) is 22.1. The summed E-state index contributed by atoms with van der Waals surface area (Å²) in [6.45, 7) is 1.45. The van der Waals surface area contributed by atoms with Gasteiger partial charge in [-0.2, -0.15) is 0 Å². The summed E-state index contributed by atoms with van der Waals surface area (Å²) in [4.78, 5) is 19.4. The van der Waals surface area contributed by atoms with Crippen LogP contribution in [-0.4, -0.2) is 24.0 Å². The molecule has 1 aliphatic rings. The average molecular weight is 343 g/mol. The Kier molecular flexibility index (Phi) is 4.65. The van der Waals surface area contributed by atoms with Crippen molar-refractivity contribution in [2.24, 2.45) is 0 Å². The quantitative estimate of drug-likeness (QED) is 0.767. The van der Waals surface area contributed by atoms with Crippen LogP contribution in [0, 0.1) is 0 Å². The Morgan fingerprint density at radius 1 is 1.00 bits per heavy atom. The molecule has 2 aromatic carbocycles. The first-order chi connectivity index (χ1) is 12.8. The van der Waals surface area contributed by atoms with Crippen LogP contribution in [0.3, 0.4) is 0 Å². The van der Waals surface area contributed by atoms with Crippen LogP contribution in [0.5, 0.6) is 0 Å². The van der Waals surface area contributed by atoms with Gasteiger partial charge in [0, 0.05) is 25.0 Å². The van der Waals surface area contributed by atoms with Crippen LogP contribution in [0.2, 0.25) is 0 Å². The molecule has 4 nitrogen and oxygen atoms in total. The maximum atomic E-state index is 12.7. The minimum atomic E-state index is -0.0755. The van der Waals surface area contributed by atoms with Gasteiger partial charge in [0.1, 0.15) is 5.82 Å². The summed E-state index contributed by atoms with van der Waals surface area (Å²) in [5.41, 5.74) is 4.28. The summed E-state index contributed by atoms with van der Waals surface area (Å²) in [5, 5.41) is 3.03. The number of amides is 1. The summed E-state index contributed by atoms with van der Waals surface area (Å²) < 4.78 is 0. The van der Waals surface area contributed by atoms with Crippen molar-refractivity contribution >= 4 is 17.4 Å². The van der Waals surface area contributed by atoms with Crippen molar-refractivity contribution in [2.75, 3.05) is 18.0 Å². The van der Waals surface area contributed by atoms with Crippen molar-refractivity contribution < 1.29 is 4.79 Å². The van der Waals surface area contributed by atoms with Crippen LogP contribution >= 0.6 is 0 Å². The standard InChI is InChI=1S/C22H21N3O/c26-22(24-15-12-17-7-2-1-3-8-17)19-10-6-14-23-21(19)25-16-13-18-9-4-5-11-20(18)25/h1-11,14H,12-13,15-16H2,(H,24,26). The van der Waals surface area contributed by atoms with E-state index in [1.165, 1.54) is 11.1 Å². The fourth-order valence-electron chi connectivity index (χ4n) is 3.41. The molecule has 3 aromatic rings. The highest BCUT2D eigenvalue weighted by Crippen LogP contribution is 2.34. The molecule has 0 fully saturated rings. The summed E-state index contributed by atoms with van der Waals surface area (Å²) in [6.07, 6.45) is 3.54. The fraction of sp³-hybridized carbons (Fsp3) is 0.182. The first-order valence-corrected chi connectivity index (χ1v) is 8.95. The van der Waals surface area contributed by atoms with E-state index in [1.54, 1.807) is 6.20 Å². The number of benzene rings is 2. The third kappa shape index (κ3) is 3.31. The van der Waals surface area contributed by atoms with E-state index in [1.807, 2.05) is 36.4 Å². The molecule has 0 unspecified atom stereocenters. The van der Waals surface area contributed by atoms with Gasteiger partial charge in [-0.1, -0.05) is 48.5 Å². The molecule has 1 aliphatic heterocycles. The zero-order chi connectivity index (χ0) is 17.8. The predicted molar refractivity (Wildman–Crippen MR) is 104 cm³/mol.